The van der Waals surface area contributed by atoms with Crippen LogP contribution in [0, 0.1) is 23.3 Å². The molecule has 100 valence electrons. The molecule has 0 radical (unpaired) electrons. The van der Waals surface area contributed by atoms with Gasteiger partial charge in [0, 0.05) is 5.56 Å². The molecule has 0 aliphatic carbocycles. The smallest absolute Gasteiger partial charge is 0.159 e. The maximum Gasteiger partial charge on any atom is 0.159 e. The summed E-state index contributed by atoms with van der Waals surface area (Å²) in [7, 11) is 0. The van der Waals surface area contributed by atoms with Crippen LogP contribution < -0.4 is 0 Å². The number of hydrogen-bond acceptors (Lipinski definition) is 0. The standard InChI is InChI=1S/C14H9ClF4/c15-9(14-11(17)2-1-3-12(14)18)6-8-4-5-10(16)13(19)7-8/h1-5,7,9H,6H2. The van der Waals surface area contributed by atoms with Gasteiger partial charge in [0.05, 0.1) is 5.38 Å². The molecule has 0 aliphatic rings. The molecule has 0 amide bonds. The number of alkyl halides is 1. The first-order chi connectivity index (χ1) is 8.99. The first kappa shape index (κ1) is 13.9. The Hall–Kier alpha value is -1.55. The summed E-state index contributed by atoms with van der Waals surface area (Å²) in [4.78, 5) is 0. The van der Waals surface area contributed by atoms with Crippen molar-refractivity contribution in [2.45, 2.75) is 11.8 Å². The third-order valence-electron chi connectivity index (χ3n) is 2.71. The Labute approximate surface area is 112 Å². The predicted molar refractivity (Wildman–Crippen MR) is 65.0 cm³/mol. The monoisotopic (exact) mass is 288 g/mol. The Morgan fingerprint density at radius 1 is 0.842 bits per heavy atom. The van der Waals surface area contributed by atoms with Crippen LogP contribution in [-0.2, 0) is 6.42 Å². The van der Waals surface area contributed by atoms with Gasteiger partial charge in [-0.2, -0.15) is 0 Å². The molecule has 0 aliphatic heterocycles. The van der Waals surface area contributed by atoms with Gasteiger partial charge in [0.15, 0.2) is 11.6 Å². The Balaban J connectivity index is 2.25. The molecule has 2 aromatic rings. The van der Waals surface area contributed by atoms with E-state index < -0.39 is 28.6 Å². The molecule has 1 atom stereocenters. The van der Waals surface area contributed by atoms with Crippen molar-refractivity contribution in [3.63, 3.8) is 0 Å². The van der Waals surface area contributed by atoms with E-state index in [0.717, 1.165) is 24.3 Å². The molecule has 2 aromatic carbocycles. The number of halogens is 5. The molecule has 0 spiro atoms. The van der Waals surface area contributed by atoms with E-state index in [1.54, 1.807) is 0 Å². The zero-order valence-electron chi connectivity index (χ0n) is 9.64. The largest absolute Gasteiger partial charge is 0.207 e. The van der Waals surface area contributed by atoms with Gasteiger partial charge in [0.1, 0.15) is 11.6 Å². The molecule has 0 saturated carbocycles. The molecule has 0 bridgehead atoms. The molecule has 0 heterocycles. The molecule has 5 heteroatoms. The molecule has 0 saturated heterocycles. The molecular weight excluding hydrogens is 280 g/mol. The van der Waals surface area contributed by atoms with Crippen molar-refractivity contribution in [3.05, 3.63) is 70.8 Å². The van der Waals surface area contributed by atoms with Crippen molar-refractivity contribution in [2.75, 3.05) is 0 Å². The highest BCUT2D eigenvalue weighted by molar-refractivity contribution is 6.21. The summed E-state index contributed by atoms with van der Waals surface area (Å²) < 4.78 is 52.8. The lowest BCUT2D eigenvalue weighted by Gasteiger charge is -2.12. The molecule has 0 nitrogen and oxygen atoms in total. The summed E-state index contributed by atoms with van der Waals surface area (Å²) in [5.74, 6) is -3.52. The van der Waals surface area contributed by atoms with E-state index in [9.17, 15) is 17.6 Å². The number of benzene rings is 2. The summed E-state index contributed by atoms with van der Waals surface area (Å²) in [5, 5.41) is -0.994. The summed E-state index contributed by atoms with van der Waals surface area (Å²) in [6, 6.07) is 6.66. The Kier molecular flexibility index (Phi) is 4.10. The molecule has 0 aromatic heterocycles. The normalized spacial score (nSPS) is 12.5. The van der Waals surface area contributed by atoms with E-state index in [1.807, 2.05) is 0 Å². The third kappa shape index (κ3) is 3.07. The first-order valence-corrected chi connectivity index (χ1v) is 5.94. The van der Waals surface area contributed by atoms with Gasteiger partial charge in [-0.3, -0.25) is 0 Å². The second-order valence-electron chi connectivity index (χ2n) is 4.06. The summed E-state index contributed by atoms with van der Waals surface area (Å²) in [6.45, 7) is 0. The van der Waals surface area contributed by atoms with E-state index in [4.69, 9.17) is 11.6 Å². The minimum atomic E-state index is -1.02. The Morgan fingerprint density at radius 2 is 1.47 bits per heavy atom. The van der Waals surface area contributed by atoms with Crippen LogP contribution in [0.5, 0.6) is 0 Å². The van der Waals surface area contributed by atoms with Crippen LogP contribution in [0.25, 0.3) is 0 Å². The van der Waals surface area contributed by atoms with E-state index in [1.165, 1.54) is 12.1 Å². The second-order valence-corrected chi connectivity index (χ2v) is 4.58. The molecule has 0 fully saturated rings. The molecule has 19 heavy (non-hydrogen) atoms. The molecule has 1 unspecified atom stereocenters. The average molecular weight is 289 g/mol. The minimum Gasteiger partial charge on any atom is -0.207 e. The lowest BCUT2D eigenvalue weighted by atomic mass is 10.0. The summed E-state index contributed by atoms with van der Waals surface area (Å²) in [6.07, 6.45) is -0.00336. The van der Waals surface area contributed by atoms with E-state index >= 15 is 0 Å². The van der Waals surface area contributed by atoms with Crippen molar-refractivity contribution in [1.82, 2.24) is 0 Å². The van der Waals surface area contributed by atoms with Gasteiger partial charge in [-0.15, -0.1) is 11.6 Å². The highest BCUT2D eigenvalue weighted by Gasteiger charge is 2.18. The van der Waals surface area contributed by atoms with E-state index in [0.29, 0.717) is 5.56 Å². The van der Waals surface area contributed by atoms with Crippen LogP contribution in [0.1, 0.15) is 16.5 Å². The van der Waals surface area contributed by atoms with Gasteiger partial charge in [-0.1, -0.05) is 12.1 Å². The second kappa shape index (κ2) is 5.61. The zero-order valence-corrected chi connectivity index (χ0v) is 10.4. The third-order valence-corrected chi connectivity index (χ3v) is 3.08. The average Bonchev–Trinajstić information content (AvgIpc) is 2.33. The maximum atomic E-state index is 13.5. The van der Waals surface area contributed by atoms with Crippen LogP contribution in [-0.4, -0.2) is 0 Å². The van der Waals surface area contributed by atoms with E-state index in [2.05, 4.69) is 0 Å². The minimum absolute atomic E-state index is 0.00336. The van der Waals surface area contributed by atoms with Crippen LogP contribution >= 0.6 is 11.6 Å². The number of rotatable bonds is 3. The topological polar surface area (TPSA) is 0 Å². The molecule has 0 N–H and O–H groups in total. The lowest BCUT2D eigenvalue weighted by molar-refractivity contribution is 0.506. The van der Waals surface area contributed by atoms with Crippen molar-refractivity contribution in [1.29, 1.82) is 0 Å². The van der Waals surface area contributed by atoms with Gasteiger partial charge in [-0.05, 0) is 36.2 Å². The van der Waals surface area contributed by atoms with Crippen molar-refractivity contribution in [2.24, 2.45) is 0 Å². The fourth-order valence-corrected chi connectivity index (χ4v) is 2.17. The fourth-order valence-electron chi connectivity index (χ4n) is 1.79. The highest BCUT2D eigenvalue weighted by Crippen LogP contribution is 2.29. The highest BCUT2D eigenvalue weighted by atomic mass is 35.5. The van der Waals surface area contributed by atoms with Crippen LogP contribution in [0.15, 0.2) is 36.4 Å². The fraction of sp³-hybridized carbons (Fsp3) is 0.143. The first-order valence-electron chi connectivity index (χ1n) is 5.51. The van der Waals surface area contributed by atoms with Gasteiger partial charge in [0.2, 0.25) is 0 Å². The SMILES string of the molecule is Fc1ccc(CC(Cl)c2c(F)cccc2F)cc1F. The zero-order chi connectivity index (χ0) is 14.0. The quantitative estimate of drug-likeness (QED) is 0.564. The van der Waals surface area contributed by atoms with Gasteiger partial charge >= 0.3 is 0 Å². The lowest BCUT2D eigenvalue weighted by Crippen LogP contribution is -2.03. The summed E-state index contributed by atoms with van der Waals surface area (Å²) in [5.41, 5.74) is 0.0930. The molecule has 2 rings (SSSR count). The predicted octanol–water partition coefficient (Wildman–Crippen LogP) is 4.77. The van der Waals surface area contributed by atoms with Crippen molar-refractivity contribution >= 4 is 11.6 Å². The van der Waals surface area contributed by atoms with Crippen LogP contribution in [0.4, 0.5) is 17.6 Å². The molecular formula is C14H9ClF4. The Bertz CT molecular complexity index is 578. The van der Waals surface area contributed by atoms with Crippen molar-refractivity contribution in [3.8, 4) is 0 Å². The van der Waals surface area contributed by atoms with Crippen LogP contribution in [0.2, 0.25) is 0 Å². The van der Waals surface area contributed by atoms with E-state index in [-0.39, 0.29) is 12.0 Å². The van der Waals surface area contributed by atoms with Gasteiger partial charge in [0.25, 0.3) is 0 Å². The van der Waals surface area contributed by atoms with Crippen molar-refractivity contribution < 1.29 is 17.6 Å². The van der Waals surface area contributed by atoms with Gasteiger partial charge < -0.3 is 0 Å². The van der Waals surface area contributed by atoms with Gasteiger partial charge in [-0.25, -0.2) is 17.6 Å². The Morgan fingerprint density at radius 3 is 2.05 bits per heavy atom. The summed E-state index contributed by atoms with van der Waals surface area (Å²) >= 11 is 5.95. The maximum absolute atomic E-state index is 13.5. The van der Waals surface area contributed by atoms with Crippen LogP contribution in [0.3, 0.4) is 0 Å². The number of hydrogen-bond donors (Lipinski definition) is 0.